The predicted octanol–water partition coefficient (Wildman–Crippen LogP) is 2.12. The van der Waals surface area contributed by atoms with E-state index in [4.69, 9.17) is 5.26 Å². The van der Waals surface area contributed by atoms with Crippen LogP contribution >= 0.6 is 11.8 Å². The number of nitrogens with one attached hydrogen (secondary N) is 1. The SMILES string of the molecule is N#CS/C(=C1\NCCN1Cc1ccc(C(F)(F)F)nc1)[N+](=O)[O-]. The third-order valence-electron chi connectivity index (χ3n) is 2.99. The summed E-state index contributed by atoms with van der Waals surface area (Å²) in [5.41, 5.74) is -0.522. The molecule has 0 spiro atoms. The Kier molecular flexibility index (Phi) is 4.95. The van der Waals surface area contributed by atoms with Gasteiger partial charge in [0, 0.05) is 25.8 Å². The van der Waals surface area contributed by atoms with Crippen LogP contribution in [-0.2, 0) is 12.7 Å². The minimum absolute atomic E-state index is 0.150. The number of nitro groups is 1. The lowest BCUT2D eigenvalue weighted by Gasteiger charge is -2.18. The van der Waals surface area contributed by atoms with Crippen molar-refractivity contribution in [2.45, 2.75) is 12.7 Å². The number of alkyl halides is 3. The fourth-order valence-electron chi connectivity index (χ4n) is 2.02. The van der Waals surface area contributed by atoms with Gasteiger partial charge in [-0.3, -0.25) is 15.1 Å². The molecule has 0 bridgehead atoms. The van der Waals surface area contributed by atoms with Crippen molar-refractivity contribution in [2.24, 2.45) is 0 Å². The summed E-state index contributed by atoms with van der Waals surface area (Å²) in [7, 11) is 0. The summed E-state index contributed by atoms with van der Waals surface area (Å²) in [5, 5.41) is 23.8. The topological polar surface area (TPSA) is 95.1 Å². The van der Waals surface area contributed by atoms with Crippen molar-refractivity contribution >= 4 is 11.8 Å². The van der Waals surface area contributed by atoms with E-state index < -0.39 is 16.8 Å². The molecule has 2 heterocycles. The van der Waals surface area contributed by atoms with Crippen LogP contribution in [0, 0.1) is 20.8 Å². The Morgan fingerprint density at radius 3 is 2.83 bits per heavy atom. The van der Waals surface area contributed by atoms with Crippen LogP contribution < -0.4 is 5.32 Å². The number of nitrogens with zero attached hydrogens (tertiary/aromatic N) is 4. The average molecular weight is 345 g/mol. The molecule has 1 fully saturated rings. The molecule has 11 heteroatoms. The highest BCUT2D eigenvalue weighted by atomic mass is 32.2. The zero-order chi connectivity index (χ0) is 17.0. The molecule has 0 saturated carbocycles. The molecule has 1 N–H and O–H groups in total. The monoisotopic (exact) mass is 345 g/mol. The number of hydrogen-bond donors (Lipinski definition) is 1. The summed E-state index contributed by atoms with van der Waals surface area (Å²) in [6.45, 7) is 1.02. The summed E-state index contributed by atoms with van der Waals surface area (Å²) in [6, 6.07) is 2.13. The summed E-state index contributed by atoms with van der Waals surface area (Å²) >= 11 is 0.419. The standard InChI is InChI=1S/C12H10F3N5O2S/c13-12(14,15)9-2-1-8(5-18-9)6-19-4-3-17-10(19)11(20(21)22)23-7-16/h1-2,5,17H,3-4,6H2/b11-10+. The molecule has 23 heavy (non-hydrogen) atoms. The second-order valence-corrected chi connectivity index (χ2v) is 5.28. The summed E-state index contributed by atoms with van der Waals surface area (Å²) in [6.07, 6.45) is -3.43. The van der Waals surface area contributed by atoms with Crippen LogP contribution in [0.3, 0.4) is 0 Å². The maximum absolute atomic E-state index is 12.5. The van der Waals surface area contributed by atoms with E-state index in [0.717, 1.165) is 12.3 Å². The number of halogens is 3. The minimum atomic E-state index is -4.51. The van der Waals surface area contributed by atoms with Gasteiger partial charge in [-0.2, -0.15) is 18.4 Å². The van der Waals surface area contributed by atoms with Gasteiger partial charge >= 0.3 is 11.2 Å². The van der Waals surface area contributed by atoms with Gasteiger partial charge in [0.25, 0.3) is 0 Å². The van der Waals surface area contributed by atoms with E-state index in [1.807, 2.05) is 0 Å². The molecule has 2 rings (SSSR count). The lowest BCUT2D eigenvalue weighted by Crippen LogP contribution is -2.23. The number of pyridine rings is 1. The second kappa shape index (κ2) is 6.74. The normalized spacial score (nSPS) is 16.7. The van der Waals surface area contributed by atoms with Crippen molar-refractivity contribution in [3.63, 3.8) is 0 Å². The molecule has 1 aliphatic heterocycles. The lowest BCUT2D eigenvalue weighted by molar-refractivity contribution is -0.412. The molecule has 1 aliphatic rings. The van der Waals surface area contributed by atoms with Crippen molar-refractivity contribution < 1.29 is 18.1 Å². The molecule has 0 aromatic carbocycles. The van der Waals surface area contributed by atoms with E-state index in [9.17, 15) is 23.3 Å². The third kappa shape index (κ3) is 4.04. The maximum atomic E-state index is 12.5. The van der Waals surface area contributed by atoms with Gasteiger partial charge in [-0.05, 0) is 11.6 Å². The molecule has 1 aromatic rings. The van der Waals surface area contributed by atoms with Gasteiger partial charge in [-0.1, -0.05) is 6.07 Å². The third-order valence-corrected chi connectivity index (χ3v) is 3.62. The van der Waals surface area contributed by atoms with Crippen molar-refractivity contribution in [1.29, 1.82) is 5.26 Å². The Hall–Kier alpha value is -2.48. The quantitative estimate of drug-likeness (QED) is 0.507. The fraction of sp³-hybridized carbons (Fsp3) is 0.333. The smallest absolute Gasteiger partial charge is 0.364 e. The Morgan fingerprint density at radius 1 is 1.57 bits per heavy atom. The van der Waals surface area contributed by atoms with Crippen molar-refractivity contribution in [3.8, 4) is 5.40 Å². The summed E-state index contributed by atoms with van der Waals surface area (Å²) in [5.74, 6) is 0.182. The van der Waals surface area contributed by atoms with Crippen LogP contribution in [0.4, 0.5) is 13.2 Å². The van der Waals surface area contributed by atoms with Crippen LogP contribution in [0.1, 0.15) is 11.3 Å². The maximum Gasteiger partial charge on any atom is 0.433 e. The second-order valence-electron chi connectivity index (χ2n) is 4.50. The Balaban J connectivity index is 2.20. The largest absolute Gasteiger partial charge is 0.433 e. The van der Waals surface area contributed by atoms with Gasteiger partial charge in [-0.15, -0.1) is 0 Å². The van der Waals surface area contributed by atoms with Gasteiger partial charge in [0.15, 0.2) is 5.82 Å². The minimum Gasteiger partial charge on any atom is -0.364 e. The van der Waals surface area contributed by atoms with Crippen LogP contribution in [0.25, 0.3) is 0 Å². The zero-order valence-electron chi connectivity index (χ0n) is 11.5. The molecule has 0 unspecified atom stereocenters. The molecule has 122 valence electrons. The van der Waals surface area contributed by atoms with Gasteiger partial charge in [0.1, 0.15) is 11.1 Å². The molecule has 0 atom stereocenters. The molecule has 1 saturated heterocycles. The van der Waals surface area contributed by atoms with Gasteiger partial charge < -0.3 is 10.2 Å². The van der Waals surface area contributed by atoms with Gasteiger partial charge in [-0.25, -0.2) is 0 Å². The van der Waals surface area contributed by atoms with E-state index in [0.29, 0.717) is 30.4 Å². The average Bonchev–Trinajstić information content (AvgIpc) is 2.92. The van der Waals surface area contributed by atoms with Crippen LogP contribution in [0.2, 0.25) is 0 Å². The summed E-state index contributed by atoms with van der Waals surface area (Å²) < 4.78 is 37.4. The van der Waals surface area contributed by atoms with Crippen molar-refractivity contribution in [2.75, 3.05) is 13.1 Å². The fourth-order valence-corrected chi connectivity index (χ4v) is 2.48. The summed E-state index contributed by atoms with van der Waals surface area (Å²) in [4.78, 5) is 15.3. The predicted molar refractivity (Wildman–Crippen MR) is 74.9 cm³/mol. The molecule has 0 amide bonds. The number of thioether (sulfide) groups is 1. The van der Waals surface area contributed by atoms with E-state index in [2.05, 4.69) is 10.3 Å². The zero-order valence-corrected chi connectivity index (χ0v) is 12.3. The highest BCUT2D eigenvalue weighted by molar-refractivity contribution is 8.07. The molecule has 1 aromatic heterocycles. The first-order valence-corrected chi connectivity index (χ1v) is 7.10. The Morgan fingerprint density at radius 2 is 2.30 bits per heavy atom. The van der Waals surface area contributed by atoms with Crippen LogP contribution in [0.5, 0.6) is 0 Å². The van der Waals surface area contributed by atoms with Gasteiger partial charge in [0.2, 0.25) is 0 Å². The Bertz CT molecular complexity index is 669. The Labute approximate surface area is 132 Å². The first-order valence-electron chi connectivity index (χ1n) is 6.28. The highest BCUT2D eigenvalue weighted by Gasteiger charge is 2.32. The van der Waals surface area contributed by atoms with Crippen LogP contribution in [0.15, 0.2) is 29.2 Å². The first-order chi connectivity index (χ1) is 10.8. The number of aromatic nitrogens is 1. The number of hydrogen-bond acceptors (Lipinski definition) is 7. The van der Waals surface area contributed by atoms with E-state index in [-0.39, 0.29) is 17.4 Å². The highest BCUT2D eigenvalue weighted by Crippen LogP contribution is 2.28. The molecule has 0 aliphatic carbocycles. The first kappa shape index (κ1) is 16.9. The number of nitriles is 1. The van der Waals surface area contributed by atoms with Crippen molar-refractivity contribution in [3.05, 3.63) is 50.6 Å². The van der Waals surface area contributed by atoms with Crippen LogP contribution in [-0.4, -0.2) is 27.9 Å². The number of rotatable bonds is 4. The van der Waals surface area contributed by atoms with Gasteiger partial charge in [0.05, 0.1) is 16.7 Å². The molecular formula is C12H10F3N5O2S. The van der Waals surface area contributed by atoms with E-state index in [1.54, 1.807) is 10.3 Å². The lowest BCUT2D eigenvalue weighted by atomic mass is 10.2. The van der Waals surface area contributed by atoms with Crippen molar-refractivity contribution in [1.82, 2.24) is 15.2 Å². The molecule has 0 radical (unpaired) electrons. The van der Waals surface area contributed by atoms with E-state index >= 15 is 0 Å². The van der Waals surface area contributed by atoms with E-state index in [1.165, 1.54) is 6.07 Å². The number of thiocyanates is 1. The molecule has 7 nitrogen and oxygen atoms in total. The molecular weight excluding hydrogens is 335 g/mol.